The number of anilines is 1. The minimum atomic E-state index is -0.535. The van der Waals surface area contributed by atoms with Crippen LogP contribution in [0.2, 0.25) is 0 Å². The number of hydrogen-bond acceptors (Lipinski definition) is 3. The van der Waals surface area contributed by atoms with Crippen LogP contribution in [0.25, 0.3) is 0 Å². The highest BCUT2D eigenvalue weighted by atomic mass is 16.5. The van der Waals surface area contributed by atoms with Crippen molar-refractivity contribution in [2.75, 3.05) is 5.73 Å². The Morgan fingerprint density at radius 2 is 2.00 bits per heavy atom. The number of carbonyl (C=O) groups is 1. The molecule has 0 saturated carbocycles. The largest absolute Gasteiger partial charge is 0.481 e. The zero-order chi connectivity index (χ0) is 17.1. The van der Waals surface area contributed by atoms with Gasteiger partial charge in [0.2, 0.25) is 0 Å². The maximum Gasteiger partial charge on any atom is 0.261 e. The molecule has 4 heteroatoms. The molecule has 126 valence electrons. The molecule has 2 atom stereocenters. The van der Waals surface area contributed by atoms with Crippen molar-refractivity contribution in [1.82, 2.24) is 5.32 Å². The number of nitrogens with one attached hydrogen (secondary N) is 1. The molecule has 0 heterocycles. The molecule has 2 unspecified atom stereocenters. The first-order valence-electron chi connectivity index (χ1n) is 8.45. The van der Waals surface area contributed by atoms with E-state index in [2.05, 4.69) is 5.32 Å². The van der Waals surface area contributed by atoms with Crippen molar-refractivity contribution < 1.29 is 9.53 Å². The highest BCUT2D eigenvalue weighted by Gasteiger charge is 2.24. The van der Waals surface area contributed by atoms with Gasteiger partial charge in [0.1, 0.15) is 5.75 Å². The molecule has 0 aliphatic heterocycles. The summed E-state index contributed by atoms with van der Waals surface area (Å²) in [5.41, 5.74) is 10.2. The van der Waals surface area contributed by atoms with E-state index < -0.39 is 6.10 Å². The van der Waals surface area contributed by atoms with Gasteiger partial charge in [-0.2, -0.15) is 0 Å². The summed E-state index contributed by atoms with van der Waals surface area (Å²) < 4.78 is 5.75. The average Bonchev–Trinajstić information content (AvgIpc) is 2.56. The fraction of sp³-hybridized carbons (Fsp3) is 0.350. The van der Waals surface area contributed by atoms with Gasteiger partial charge in [-0.25, -0.2) is 0 Å². The van der Waals surface area contributed by atoms with Crippen molar-refractivity contribution in [2.45, 2.75) is 45.3 Å². The normalized spacial score (nSPS) is 17.7. The number of amides is 1. The third kappa shape index (κ3) is 3.70. The van der Waals surface area contributed by atoms with Crippen molar-refractivity contribution in [1.29, 1.82) is 0 Å². The van der Waals surface area contributed by atoms with Gasteiger partial charge >= 0.3 is 0 Å². The Morgan fingerprint density at radius 3 is 2.75 bits per heavy atom. The lowest BCUT2D eigenvalue weighted by molar-refractivity contribution is -0.128. The molecule has 0 radical (unpaired) electrons. The molecule has 0 saturated heterocycles. The first kappa shape index (κ1) is 16.4. The molecular formula is C20H24N2O2. The average molecular weight is 324 g/mol. The van der Waals surface area contributed by atoms with E-state index in [4.69, 9.17) is 10.5 Å². The monoisotopic (exact) mass is 324 g/mol. The van der Waals surface area contributed by atoms with Crippen LogP contribution in [-0.2, 0) is 11.2 Å². The summed E-state index contributed by atoms with van der Waals surface area (Å²) in [6, 6.07) is 13.7. The van der Waals surface area contributed by atoms with Gasteiger partial charge < -0.3 is 15.8 Å². The Kier molecular flexibility index (Phi) is 4.74. The lowest BCUT2D eigenvalue weighted by atomic mass is 9.87. The van der Waals surface area contributed by atoms with Crippen molar-refractivity contribution in [3.63, 3.8) is 0 Å². The van der Waals surface area contributed by atoms with E-state index in [9.17, 15) is 4.79 Å². The fourth-order valence-electron chi connectivity index (χ4n) is 3.15. The number of ether oxygens (including phenoxy) is 1. The number of nitrogen functional groups attached to an aromatic ring is 1. The van der Waals surface area contributed by atoms with Crippen LogP contribution in [0.15, 0.2) is 42.5 Å². The van der Waals surface area contributed by atoms with Gasteiger partial charge in [-0.3, -0.25) is 4.79 Å². The van der Waals surface area contributed by atoms with Crippen LogP contribution in [0.3, 0.4) is 0 Å². The molecule has 24 heavy (non-hydrogen) atoms. The quantitative estimate of drug-likeness (QED) is 0.846. The van der Waals surface area contributed by atoms with E-state index in [1.807, 2.05) is 49.4 Å². The van der Waals surface area contributed by atoms with Gasteiger partial charge in [0, 0.05) is 5.69 Å². The number of carbonyl (C=O) groups excluding carboxylic acids is 1. The maximum absolute atomic E-state index is 12.5. The minimum absolute atomic E-state index is 0.0333. The summed E-state index contributed by atoms with van der Waals surface area (Å²) in [5.74, 6) is 0.616. The Labute approximate surface area is 143 Å². The molecule has 0 spiro atoms. The van der Waals surface area contributed by atoms with Crippen LogP contribution in [0.1, 0.15) is 42.5 Å². The molecule has 3 rings (SSSR count). The predicted octanol–water partition coefficient (Wildman–Crippen LogP) is 3.54. The molecule has 0 aromatic heterocycles. The fourth-order valence-corrected chi connectivity index (χ4v) is 3.15. The van der Waals surface area contributed by atoms with Crippen molar-refractivity contribution in [3.8, 4) is 5.75 Å². The molecule has 1 aliphatic rings. The van der Waals surface area contributed by atoms with E-state index in [-0.39, 0.29) is 11.9 Å². The van der Waals surface area contributed by atoms with Crippen LogP contribution in [-0.4, -0.2) is 12.0 Å². The van der Waals surface area contributed by atoms with Crippen LogP contribution >= 0.6 is 0 Å². The van der Waals surface area contributed by atoms with Gasteiger partial charge in [0.15, 0.2) is 6.10 Å². The lowest BCUT2D eigenvalue weighted by Crippen LogP contribution is -2.39. The SMILES string of the molecule is Cc1ccc(OC(C)C(=O)NC2CCCc3cc(N)ccc32)cc1. The summed E-state index contributed by atoms with van der Waals surface area (Å²) in [4.78, 5) is 12.5. The number of aryl methyl sites for hydroxylation is 2. The van der Waals surface area contributed by atoms with Gasteiger partial charge in [0.05, 0.1) is 6.04 Å². The highest BCUT2D eigenvalue weighted by molar-refractivity contribution is 5.81. The first-order chi connectivity index (χ1) is 11.5. The zero-order valence-corrected chi connectivity index (χ0v) is 14.2. The molecule has 4 nitrogen and oxygen atoms in total. The van der Waals surface area contributed by atoms with Gasteiger partial charge in [0.25, 0.3) is 5.91 Å². The summed E-state index contributed by atoms with van der Waals surface area (Å²) in [6.07, 6.45) is 2.48. The molecule has 2 aromatic rings. The second-order valence-corrected chi connectivity index (χ2v) is 6.48. The Balaban J connectivity index is 1.66. The van der Waals surface area contributed by atoms with E-state index >= 15 is 0 Å². The molecule has 1 amide bonds. The van der Waals surface area contributed by atoms with Gasteiger partial charge in [-0.05, 0) is 68.5 Å². The molecular weight excluding hydrogens is 300 g/mol. The third-order valence-electron chi connectivity index (χ3n) is 4.50. The van der Waals surface area contributed by atoms with Crippen molar-refractivity contribution in [3.05, 3.63) is 59.2 Å². The van der Waals surface area contributed by atoms with Gasteiger partial charge in [-0.15, -0.1) is 0 Å². The third-order valence-corrected chi connectivity index (χ3v) is 4.50. The van der Waals surface area contributed by atoms with E-state index in [0.717, 1.165) is 30.5 Å². The van der Waals surface area contributed by atoms with Crippen molar-refractivity contribution >= 4 is 11.6 Å². The minimum Gasteiger partial charge on any atom is -0.481 e. The molecule has 3 N–H and O–H groups in total. The number of rotatable bonds is 4. The Bertz CT molecular complexity index is 725. The van der Waals surface area contributed by atoms with E-state index in [1.165, 1.54) is 11.1 Å². The number of hydrogen-bond donors (Lipinski definition) is 2. The lowest BCUT2D eigenvalue weighted by Gasteiger charge is -2.28. The van der Waals surface area contributed by atoms with E-state index in [0.29, 0.717) is 5.75 Å². The van der Waals surface area contributed by atoms with Crippen LogP contribution in [0.4, 0.5) is 5.69 Å². The second kappa shape index (κ2) is 6.95. The molecule has 0 bridgehead atoms. The standard InChI is InChI=1S/C20H24N2O2/c1-13-6-9-17(10-7-13)24-14(2)20(23)22-19-5-3-4-15-12-16(21)8-11-18(15)19/h6-12,14,19H,3-5,21H2,1-2H3,(H,22,23). The second-order valence-electron chi connectivity index (χ2n) is 6.48. The summed E-state index contributed by atoms with van der Waals surface area (Å²) in [6.45, 7) is 3.80. The maximum atomic E-state index is 12.5. The number of nitrogens with two attached hydrogens (primary N) is 1. The summed E-state index contributed by atoms with van der Waals surface area (Å²) in [7, 11) is 0. The van der Waals surface area contributed by atoms with Crippen molar-refractivity contribution in [2.24, 2.45) is 0 Å². The molecule has 2 aromatic carbocycles. The van der Waals surface area contributed by atoms with E-state index in [1.54, 1.807) is 6.92 Å². The highest BCUT2D eigenvalue weighted by Crippen LogP contribution is 2.31. The molecule has 0 fully saturated rings. The predicted molar refractivity (Wildman–Crippen MR) is 95.9 cm³/mol. The topological polar surface area (TPSA) is 64.3 Å². The van der Waals surface area contributed by atoms with Gasteiger partial charge in [-0.1, -0.05) is 23.8 Å². The Hall–Kier alpha value is -2.49. The van der Waals surface area contributed by atoms with Crippen LogP contribution in [0, 0.1) is 6.92 Å². The number of fused-ring (bicyclic) bond motifs is 1. The molecule has 1 aliphatic carbocycles. The number of benzene rings is 2. The zero-order valence-electron chi connectivity index (χ0n) is 14.2. The smallest absolute Gasteiger partial charge is 0.261 e. The summed E-state index contributed by atoms with van der Waals surface area (Å²) in [5, 5.41) is 3.12. The van der Waals surface area contributed by atoms with Crippen LogP contribution < -0.4 is 15.8 Å². The first-order valence-corrected chi connectivity index (χ1v) is 8.45. The Morgan fingerprint density at radius 1 is 1.25 bits per heavy atom. The summed E-state index contributed by atoms with van der Waals surface area (Å²) >= 11 is 0. The van der Waals surface area contributed by atoms with Crippen LogP contribution in [0.5, 0.6) is 5.75 Å².